The van der Waals surface area contributed by atoms with Crippen LogP contribution in [0.25, 0.3) is 0 Å². The average molecular weight is 307 g/mol. The van der Waals surface area contributed by atoms with Gasteiger partial charge in [0.05, 0.1) is 6.61 Å². The molecule has 0 aromatic heterocycles. The largest absolute Gasteiger partial charge is 0.484 e. The quantitative estimate of drug-likeness (QED) is 0.657. The summed E-state index contributed by atoms with van der Waals surface area (Å²) < 4.78 is 10.6. The Balaban J connectivity index is 2.61. The first-order valence-electron chi connectivity index (χ1n) is 7.44. The minimum Gasteiger partial charge on any atom is -0.484 e. The lowest BCUT2D eigenvalue weighted by Gasteiger charge is -2.24. The number of carbonyl (C=O) groups is 2. The summed E-state index contributed by atoms with van der Waals surface area (Å²) in [5.41, 5.74) is 0.573. The maximum Gasteiger partial charge on any atom is 0.260 e. The van der Waals surface area contributed by atoms with E-state index in [0.29, 0.717) is 36.9 Å². The molecule has 0 radical (unpaired) electrons. The highest BCUT2D eigenvalue weighted by atomic mass is 16.5. The number of rotatable bonds is 9. The number of benzene rings is 1. The molecule has 0 fully saturated rings. The number of methoxy groups -OCH3 is 1. The molecule has 0 unspecified atom stereocenters. The fourth-order valence-electron chi connectivity index (χ4n) is 2.00. The molecule has 1 aromatic carbocycles. The van der Waals surface area contributed by atoms with Crippen LogP contribution in [0, 0.1) is 5.92 Å². The van der Waals surface area contributed by atoms with Crippen LogP contribution in [0.15, 0.2) is 24.3 Å². The van der Waals surface area contributed by atoms with Gasteiger partial charge in [-0.25, -0.2) is 0 Å². The molecule has 0 saturated heterocycles. The second-order valence-electron chi connectivity index (χ2n) is 5.60. The zero-order valence-electron chi connectivity index (χ0n) is 13.8. The molecule has 0 aliphatic carbocycles. The summed E-state index contributed by atoms with van der Waals surface area (Å²) in [4.78, 5) is 25.3. The number of carbonyl (C=O) groups excluding carboxylic acids is 2. The molecule has 5 nitrogen and oxygen atoms in total. The fraction of sp³-hybridized carbons (Fsp3) is 0.529. The van der Waals surface area contributed by atoms with Crippen molar-refractivity contribution in [2.45, 2.75) is 20.8 Å². The summed E-state index contributed by atoms with van der Waals surface area (Å²) >= 11 is 0. The minimum absolute atomic E-state index is 0.0293. The number of Topliss-reactive ketones (excluding diaryl/α,β-unsaturated/α-hetero) is 1. The number of hydrogen-bond acceptors (Lipinski definition) is 4. The van der Waals surface area contributed by atoms with Crippen molar-refractivity contribution in [1.29, 1.82) is 0 Å². The Labute approximate surface area is 132 Å². The van der Waals surface area contributed by atoms with Crippen LogP contribution >= 0.6 is 0 Å². The first kappa shape index (κ1) is 18.2. The average Bonchev–Trinajstić information content (AvgIpc) is 2.49. The summed E-state index contributed by atoms with van der Waals surface area (Å²) in [6, 6.07) is 6.85. The van der Waals surface area contributed by atoms with E-state index in [9.17, 15) is 9.59 Å². The van der Waals surface area contributed by atoms with Gasteiger partial charge in [0.2, 0.25) is 0 Å². The smallest absolute Gasteiger partial charge is 0.260 e. The summed E-state index contributed by atoms with van der Waals surface area (Å²) in [6.45, 7) is 7.29. The molecule has 0 spiro atoms. The predicted octanol–water partition coefficient (Wildman–Crippen LogP) is 2.40. The molecule has 1 aromatic rings. The van der Waals surface area contributed by atoms with Gasteiger partial charge in [-0.2, -0.15) is 0 Å². The van der Waals surface area contributed by atoms with Crippen LogP contribution < -0.4 is 4.74 Å². The fourth-order valence-corrected chi connectivity index (χ4v) is 2.00. The topological polar surface area (TPSA) is 55.8 Å². The summed E-state index contributed by atoms with van der Waals surface area (Å²) in [6.07, 6.45) is 0. The van der Waals surface area contributed by atoms with Crippen LogP contribution in [0.3, 0.4) is 0 Å². The highest BCUT2D eigenvalue weighted by Gasteiger charge is 2.15. The normalized spacial score (nSPS) is 10.6. The molecule has 22 heavy (non-hydrogen) atoms. The van der Waals surface area contributed by atoms with Crippen molar-refractivity contribution < 1.29 is 19.1 Å². The first-order chi connectivity index (χ1) is 10.4. The van der Waals surface area contributed by atoms with Gasteiger partial charge in [0.25, 0.3) is 5.91 Å². The second-order valence-corrected chi connectivity index (χ2v) is 5.60. The zero-order valence-corrected chi connectivity index (χ0v) is 13.8. The van der Waals surface area contributed by atoms with Crippen LogP contribution in [-0.4, -0.2) is 50.0 Å². The predicted molar refractivity (Wildman–Crippen MR) is 85.2 cm³/mol. The van der Waals surface area contributed by atoms with Gasteiger partial charge in [-0.1, -0.05) is 26.0 Å². The second kappa shape index (κ2) is 9.20. The standard InChI is InChI=1S/C17H25NO4/c1-13(2)11-18(8-9-21-4)17(20)12-22-16-7-5-6-15(10-16)14(3)19/h5-7,10,13H,8-9,11-12H2,1-4H3. The third kappa shape index (κ3) is 6.26. The molecule has 0 aliphatic rings. The van der Waals surface area contributed by atoms with Gasteiger partial charge in [-0.15, -0.1) is 0 Å². The molecule has 0 aliphatic heterocycles. The zero-order chi connectivity index (χ0) is 16.5. The molecule has 0 bridgehead atoms. The molecular formula is C17H25NO4. The van der Waals surface area contributed by atoms with E-state index in [4.69, 9.17) is 9.47 Å². The van der Waals surface area contributed by atoms with Crippen molar-refractivity contribution in [1.82, 2.24) is 4.90 Å². The van der Waals surface area contributed by atoms with E-state index in [-0.39, 0.29) is 18.3 Å². The van der Waals surface area contributed by atoms with Gasteiger partial charge in [0.1, 0.15) is 5.75 Å². The number of ether oxygens (including phenoxy) is 2. The van der Waals surface area contributed by atoms with Crippen LogP contribution in [0.2, 0.25) is 0 Å². The molecule has 1 amide bonds. The van der Waals surface area contributed by atoms with E-state index in [1.807, 2.05) is 0 Å². The Morgan fingerprint density at radius 2 is 2.00 bits per heavy atom. The lowest BCUT2D eigenvalue weighted by molar-refractivity contribution is -0.134. The SMILES string of the molecule is COCCN(CC(C)C)C(=O)COc1cccc(C(C)=O)c1. The van der Waals surface area contributed by atoms with E-state index in [1.54, 1.807) is 36.3 Å². The van der Waals surface area contributed by atoms with Gasteiger partial charge in [0.15, 0.2) is 12.4 Å². The molecule has 1 rings (SSSR count). The van der Waals surface area contributed by atoms with Gasteiger partial charge in [-0.05, 0) is 25.0 Å². The Kier molecular flexibility index (Phi) is 7.60. The third-order valence-corrected chi connectivity index (χ3v) is 3.11. The molecule has 0 atom stereocenters. The maximum absolute atomic E-state index is 12.3. The van der Waals surface area contributed by atoms with Crippen molar-refractivity contribution in [3.63, 3.8) is 0 Å². The first-order valence-corrected chi connectivity index (χ1v) is 7.44. The van der Waals surface area contributed by atoms with E-state index < -0.39 is 0 Å². The Morgan fingerprint density at radius 1 is 1.27 bits per heavy atom. The molecule has 0 N–H and O–H groups in total. The monoisotopic (exact) mass is 307 g/mol. The summed E-state index contributed by atoms with van der Waals surface area (Å²) in [7, 11) is 1.61. The Bertz CT molecular complexity index is 499. The van der Waals surface area contributed by atoms with Crippen LogP contribution in [0.5, 0.6) is 5.75 Å². The number of ketones is 1. The van der Waals surface area contributed by atoms with Crippen molar-refractivity contribution in [2.24, 2.45) is 5.92 Å². The van der Waals surface area contributed by atoms with E-state index in [2.05, 4.69) is 13.8 Å². The summed E-state index contributed by atoms with van der Waals surface area (Å²) in [5.74, 6) is 0.788. The lowest BCUT2D eigenvalue weighted by Crippen LogP contribution is -2.39. The molecule has 5 heteroatoms. The Hall–Kier alpha value is -1.88. The van der Waals surface area contributed by atoms with E-state index in [1.165, 1.54) is 6.92 Å². The van der Waals surface area contributed by atoms with Crippen LogP contribution in [0.1, 0.15) is 31.1 Å². The number of amides is 1. The van der Waals surface area contributed by atoms with Crippen molar-refractivity contribution in [3.05, 3.63) is 29.8 Å². The van der Waals surface area contributed by atoms with Crippen LogP contribution in [0.4, 0.5) is 0 Å². The third-order valence-electron chi connectivity index (χ3n) is 3.11. The van der Waals surface area contributed by atoms with Gasteiger partial charge in [-0.3, -0.25) is 9.59 Å². The molecule has 0 heterocycles. The maximum atomic E-state index is 12.3. The van der Waals surface area contributed by atoms with Gasteiger partial charge in [0, 0.05) is 25.8 Å². The van der Waals surface area contributed by atoms with E-state index >= 15 is 0 Å². The number of hydrogen-bond donors (Lipinski definition) is 0. The molecular weight excluding hydrogens is 282 g/mol. The minimum atomic E-state index is -0.0843. The van der Waals surface area contributed by atoms with Gasteiger partial charge < -0.3 is 14.4 Å². The Morgan fingerprint density at radius 3 is 2.59 bits per heavy atom. The lowest BCUT2D eigenvalue weighted by atomic mass is 10.1. The number of nitrogens with zero attached hydrogens (tertiary/aromatic N) is 1. The van der Waals surface area contributed by atoms with Crippen molar-refractivity contribution in [2.75, 3.05) is 33.4 Å². The van der Waals surface area contributed by atoms with Crippen molar-refractivity contribution in [3.8, 4) is 5.75 Å². The highest BCUT2D eigenvalue weighted by Crippen LogP contribution is 2.14. The summed E-state index contributed by atoms with van der Waals surface area (Å²) in [5, 5.41) is 0. The highest BCUT2D eigenvalue weighted by molar-refractivity contribution is 5.94. The van der Waals surface area contributed by atoms with E-state index in [0.717, 1.165) is 0 Å². The van der Waals surface area contributed by atoms with Crippen molar-refractivity contribution >= 4 is 11.7 Å². The molecule has 0 saturated carbocycles. The van der Waals surface area contributed by atoms with Gasteiger partial charge >= 0.3 is 0 Å². The molecule has 122 valence electrons. The van der Waals surface area contributed by atoms with Crippen LogP contribution in [-0.2, 0) is 9.53 Å².